The van der Waals surface area contributed by atoms with Gasteiger partial charge in [-0.25, -0.2) is 9.18 Å². The summed E-state index contributed by atoms with van der Waals surface area (Å²) in [6.07, 6.45) is -4.60. The molecule has 9 heteroatoms. The number of fused-ring (bicyclic) bond motifs is 1. The number of rotatable bonds is 3. The molecule has 0 bridgehead atoms. The van der Waals surface area contributed by atoms with Crippen molar-refractivity contribution in [3.8, 4) is 0 Å². The maximum absolute atomic E-state index is 13.9. The van der Waals surface area contributed by atoms with Gasteiger partial charge in [0.2, 0.25) is 0 Å². The predicted molar refractivity (Wildman–Crippen MR) is 82.2 cm³/mol. The van der Waals surface area contributed by atoms with Crippen molar-refractivity contribution in [2.75, 3.05) is 0 Å². The molecule has 0 spiro atoms. The Balaban J connectivity index is 2.17. The summed E-state index contributed by atoms with van der Waals surface area (Å²) in [5.41, 5.74) is -1.29. The summed E-state index contributed by atoms with van der Waals surface area (Å²) in [4.78, 5) is 11.3. The number of halogens is 5. The van der Waals surface area contributed by atoms with Gasteiger partial charge in [-0.2, -0.15) is 18.3 Å². The van der Waals surface area contributed by atoms with Gasteiger partial charge < -0.3 is 5.11 Å². The molecule has 4 nitrogen and oxygen atoms in total. The number of aromatic carboxylic acids is 1. The zero-order valence-electron chi connectivity index (χ0n) is 12.3. The van der Waals surface area contributed by atoms with E-state index in [4.69, 9.17) is 11.6 Å². The fraction of sp³-hybridized carbons (Fsp3) is 0.125. The molecule has 0 aliphatic rings. The van der Waals surface area contributed by atoms with Gasteiger partial charge in [0.05, 0.1) is 17.6 Å². The molecule has 0 radical (unpaired) electrons. The number of carboxylic acid groups (broad SMARTS) is 1. The average molecular weight is 373 g/mol. The fourth-order valence-corrected chi connectivity index (χ4v) is 2.60. The zero-order valence-corrected chi connectivity index (χ0v) is 13.1. The highest BCUT2D eigenvalue weighted by Crippen LogP contribution is 2.32. The number of carbonyl (C=O) groups is 1. The lowest BCUT2D eigenvalue weighted by Gasteiger charge is -2.09. The predicted octanol–water partition coefficient (Wildman–Crippen LogP) is 4.59. The Labute approximate surface area is 143 Å². The highest BCUT2D eigenvalue weighted by molar-refractivity contribution is 6.30. The van der Waals surface area contributed by atoms with Crippen LogP contribution in [-0.2, 0) is 12.7 Å². The van der Waals surface area contributed by atoms with Gasteiger partial charge in [-0.15, -0.1) is 0 Å². The Bertz CT molecular complexity index is 982. The third kappa shape index (κ3) is 3.30. The van der Waals surface area contributed by atoms with Crippen LogP contribution in [-0.4, -0.2) is 20.9 Å². The second-order valence-electron chi connectivity index (χ2n) is 5.28. The van der Waals surface area contributed by atoms with Crippen LogP contribution in [0.4, 0.5) is 17.6 Å². The first kappa shape index (κ1) is 17.2. The van der Waals surface area contributed by atoms with Crippen LogP contribution in [0.3, 0.4) is 0 Å². The number of alkyl halides is 3. The molecule has 2 aromatic carbocycles. The summed E-state index contributed by atoms with van der Waals surface area (Å²) in [5, 5.41) is 13.2. The van der Waals surface area contributed by atoms with Gasteiger partial charge in [-0.3, -0.25) is 4.68 Å². The van der Waals surface area contributed by atoms with Crippen LogP contribution < -0.4 is 0 Å². The molecule has 1 N–H and O–H groups in total. The van der Waals surface area contributed by atoms with Gasteiger partial charge in [-0.1, -0.05) is 17.7 Å². The van der Waals surface area contributed by atoms with Crippen LogP contribution in [0.2, 0.25) is 5.02 Å². The van der Waals surface area contributed by atoms with E-state index in [0.29, 0.717) is 0 Å². The smallest absolute Gasteiger partial charge is 0.416 e. The molecule has 25 heavy (non-hydrogen) atoms. The van der Waals surface area contributed by atoms with E-state index in [9.17, 15) is 27.5 Å². The Kier molecular flexibility index (Phi) is 4.16. The molecule has 0 aliphatic heterocycles. The topological polar surface area (TPSA) is 55.1 Å². The van der Waals surface area contributed by atoms with Crippen molar-refractivity contribution in [2.45, 2.75) is 12.7 Å². The Morgan fingerprint density at radius 1 is 1.20 bits per heavy atom. The summed E-state index contributed by atoms with van der Waals surface area (Å²) in [7, 11) is 0. The van der Waals surface area contributed by atoms with Crippen LogP contribution in [0.15, 0.2) is 36.4 Å². The lowest BCUT2D eigenvalue weighted by Crippen LogP contribution is -2.07. The maximum atomic E-state index is 13.9. The van der Waals surface area contributed by atoms with Crippen molar-refractivity contribution >= 4 is 28.5 Å². The highest BCUT2D eigenvalue weighted by atomic mass is 35.5. The number of hydrogen-bond acceptors (Lipinski definition) is 2. The lowest BCUT2D eigenvalue weighted by molar-refractivity contribution is -0.137. The minimum atomic E-state index is -4.60. The molecular weight excluding hydrogens is 364 g/mol. The molecule has 0 amide bonds. The molecular formula is C16H9ClF4N2O2. The fourth-order valence-electron chi connectivity index (χ4n) is 2.44. The summed E-state index contributed by atoms with van der Waals surface area (Å²) < 4.78 is 53.8. The van der Waals surface area contributed by atoms with Gasteiger partial charge in [0, 0.05) is 16.0 Å². The maximum Gasteiger partial charge on any atom is 0.416 e. The van der Waals surface area contributed by atoms with E-state index in [-0.39, 0.29) is 28.0 Å². The average Bonchev–Trinajstić information content (AvgIpc) is 2.87. The first-order valence-electron chi connectivity index (χ1n) is 6.92. The van der Waals surface area contributed by atoms with E-state index in [0.717, 1.165) is 28.9 Å². The van der Waals surface area contributed by atoms with E-state index < -0.39 is 29.2 Å². The lowest BCUT2D eigenvalue weighted by atomic mass is 10.1. The van der Waals surface area contributed by atoms with Gasteiger partial charge >= 0.3 is 12.1 Å². The molecule has 130 valence electrons. The van der Waals surface area contributed by atoms with E-state index in [1.807, 2.05) is 0 Å². The molecule has 0 atom stereocenters. The van der Waals surface area contributed by atoms with Crippen molar-refractivity contribution in [1.29, 1.82) is 0 Å². The number of carboxylic acids is 1. The first-order valence-corrected chi connectivity index (χ1v) is 7.29. The molecule has 0 fully saturated rings. The normalized spacial score (nSPS) is 11.9. The monoisotopic (exact) mass is 372 g/mol. The Morgan fingerprint density at radius 2 is 1.92 bits per heavy atom. The van der Waals surface area contributed by atoms with Gasteiger partial charge in [0.25, 0.3) is 0 Å². The molecule has 0 unspecified atom stereocenters. The van der Waals surface area contributed by atoms with Gasteiger partial charge in [0.1, 0.15) is 5.82 Å². The van der Waals surface area contributed by atoms with E-state index in [1.54, 1.807) is 0 Å². The highest BCUT2D eigenvalue weighted by Gasteiger charge is 2.31. The van der Waals surface area contributed by atoms with Crippen molar-refractivity contribution in [2.24, 2.45) is 0 Å². The number of hydrogen-bond donors (Lipinski definition) is 1. The Hall–Kier alpha value is -2.61. The van der Waals surface area contributed by atoms with Crippen LogP contribution >= 0.6 is 11.6 Å². The first-order chi connectivity index (χ1) is 11.7. The second-order valence-corrected chi connectivity index (χ2v) is 5.71. The van der Waals surface area contributed by atoms with Crippen LogP contribution in [0.1, 0.15) is 21.6 Å². The molecule has 0 aliphatic carbocycles. The van der Waals surface area contributed by atoms with Gasteiger partial charge in [0.15, 0.2) is 5.69 Å². The van der Waals surface area contributed by atoms with Crippen molar-refractivity contribution in [1.82, 2.24) is 9.78 Å². The summed E-state index contributed by atoms with van der Waals surface area (Å²) in [6.45, 7) is -0.242. The molecule has 1 aromatic heterocycles. The quantitative estimate of drug-likeness (QED) is 0.684. The molecule has 0 saturated heterocycles. The summed E-state index contributed by atoms with van der Waals surface area (Å²) >= 11 is 5.67. The van der Waals surface area contributed by atoms with E-state index in [2.05, 4.69) is 5.10 Å². The van der Waals surface area contributed by atoms with E-state index >= 15 is 0 Å². The van der Waals surface area contributed by atoms with Crippen LogP contribution in [0.5, 0.6) is 0 Å². The second kappa shape index (κ2) is 6.03. The SMILES string of the molecule is O=C(O)c1nn(Cc2ccc(Cl)cc2F)c2cc(C(F)(F)F)ccc12. The zero-order chi connectivity index (χ0) is 18.4. The van der Waals surface area contributed by atoms with E-state index in [1.165, 1.54) is 12.1 Å². The minimum Gasteiger partial charge on any atom is -0.476 e. The molecule has 1 heterocycles. The van der Waals surface area contributed by atoms with Crippen LogP contribution in [0, 0.1) is 5.82 Å². The van der Waals surface area contributed by atoms with Crippen molar-refractivity contribution in [3.05, 3.63) is 64.1 Å². The van der Waals surface area contributed by atoms with Gasteiger partial charge in [-0.05, 0) is 30.3 Å². The third-order valence-corrected chi connectivity index (χ3v) is 3.85. The minimum absolute atomic E-state index is 0.0369. The van der Waals surface area contributed by atoms with Crippen LogP contribution in [0.25, 0.3) is 10.9 Å². The largest absolute Gasteiger partial charge is 0.476 e. The summed E-state index contributed by atoms with van der Waals surface area (Å²) in [6, 6.07) is 6.46. The number of nitrogens with zero attached hydrogens (tertiary/aromatic N) is 2. The number of benzene rings is 2. The standard InChI is InChI=1S/C16H9ClF4N2O2/c17-10-3-1-8(12(18)6-10)7-23-13-5-9(16(19,20)21)2-4-11(13)14(22-23)15(24)25/h1-6H,7H2,(H,24,25). The Morgan fingerprint density at radius 3 is 2.52 bits per heavy atom. The third-order valence-electron chi connectivity index (χ3n) is 3.62. The van der Waals surface area contributed by atoms with Crippen molar-refractivity contribution < 1.29 is 27.5 Å². The molecule has 3 aromatic rings. The molecule has 0 saturated carbocycles. The van der Waals surface area contributed by atoms with Crippen molar-refractivity contribution in [3.63, 3.8) is 0 Å². The number of aromatic nitrogens is 2. The molecule has 3 rings (SSSR count). The summed E-state index contributed by atoms with van der Waals surface area (Å²) in [5.74, 6) is -2.06.